The van der Waals surface area contributed by atoms with Crippen LogP contribution in [0.2, 0.25) is 5.02 Å². The van der Waals surface area contributed by atoms with E-state index in [1.54, 1.807) is 19.1 Å². The summed E-state index contributed by atoms with van der Waals surface area (Å²) in [5.74, 6) is 0.0407. The minimum atomic E-state index is -0.615. The van der Waals surface area contributed by atoms with Gasteiger partial charge in [-0.3, -0.25) is 4.79 Å². The normalized spacial score (nSPS) is 22.4. The number of allylic oxidation sites excluding steroid dienone is 3. The Bertz CT molecular complexity index is 976. The Morgan fingerprint density at radius 3 is 2.66 bits per heavy atom. The number of esters is 1. The van der Waals surface area contributed by atoms with Gasteiger partial charge in [-0.05, 0) is 37.3 Å². The Morgan fingerprint density at radius 1 is 1.28 bits per heavy atom. The lowest BCUT2D eigenvalue weighted by Gasteiger charge is -2.39. The van der Waals surface area contributed by atoms with Crippen LogP contribution in [-0.4, -0.2) is 25.2 Å². The van der Waals surface area contributed by atoms with Crippen molar-refractivity contribution >= 4 is 23.4 Å². The molecule has 154 valence electrons. The van der Waals surface area contributed by atoms with Gasteiger partial charge in [0.15, 0.2) is 17.3 Å². The number of carbonyl (C=O) groups excluding carboxylic acids is 2. The van der Waals surface area contributed by atoms with Gasteiger partial charge in [-0.15, -0.1) is 0 Å². The zero-order valence-electron chi connectivity index (χ0n) is 17.0. The quantitative estimate of drug-likeness (QED) is 0.741. The van der Waals surface area contributed by atoms with Crippen LogP contribution in [0.5, 0.6) is 11.5 Å². The highest BCUT2D eigenvalue weighted by Gasteiger charge is 2.44. The van der Waals surface area contributed by atoms with E-state index < -0.39 is 11.9 Å². The maximum Gasteiger partial charge on any atom is 0.336 e. The number of rotatable bonds is 3. The molecule has 0 fully saturated rings. The minimum Gasteiger partial charge on any atom is -0.463 e. The van der Waals surface area contributed by atoms with Gasteiger partial charge < -0.3 is 19.5 Å². The van der Waals surface area contributed by atoms with Crippen molar-refractivity contribution in [3.05, 3.63) is 45.3 Å². The molecule has 0 saturated heterocycles. The molecular weight excluding hydrogens is 394 g/mol. The average molecular weight is 418 g/mol. The summed E-state index contributed by atoms with van der Waals surface area (Å²) in [6.45, 7) is 8.07. The van der Waals surface area contributed by atoms with Crippen LogP contribution in [0.15, 0.2) is 34.7 Å². The minimum absolute atomic E-state index is 0.0109. The van der Waals surface area contributed by atoms with Crippen LogP contribution in [0.4, 0.5) is 0 Å². The fourth-order valence-corrected chi connectivity index (χ4v) is 4.64. The summed E-state index contributed by atoms with van der Waals surface area (Å²) in [7, 11) is 0. The van der Waals surface area contributed by atoms with Gasteiger partial charge >= 0.3 is 5.97 Å². The molecule has 2 aliphatic heterocycles. The van der Waals surface area contributed by atoms with E-state index >= 15 is 0 Å². The van der Waals surface area contributed by atoms with Crippen molar-refractivity contribution in [1.82, 2.24) is 5.32 Å². The average Bonchev–Trinajstić information content (AvgIpc) is 3.05. The first-order chi connectivity index (χ1) is 13.7. The van der Waals surface area contributed by atoms with Crippen molar-refractivity contribution in [3.8, 4) is 11.5 Å². The number of hydrogen-bond donors (Lipinski definition) is 1. The lowest BCUT2D eigenvalue weighted by Crippen LogP contribution is -2.38. The monoisotopic (exact) mass is 417 g/mol. The molecular formula is C22H24ClNO5. The Balaban J connectivity index is 1.92. The van der Waals surface area contributed by atoms with Crippen LogP contribution >= 0.6 is 11.6 Å². The van der Waals surface area contributed by atoms with Gasteiger partial charge in [0.1, 0.15) is 0 Å². The molecule has 0 bridgehead atoms. The van der Waals surface area contributed by atoms with Gasteiger partial charge in [0, 0.05) is 40.4 Å². The van der Waals surface area contributed by atoms with E-state index in [1.165, 1.54) is 0 Å². The number of halogens is 1. The smallest absolute Gasteiger partial charge is 0.336 e. The van der Waals surface area contributed by atoms with E-state index in [9.17, 15) is 9.59 Å². The number of benzene rings is 1. The van der Waals surface area contributed by atoms with E-state index in [0.717, 1.165) is 5.70 Å². The largest absolute Gasteiger partial charge is 0.463 e. The zero-order chi connectivity index (χ0) is 20.9. The van der Waals surface area contributed by atoms with Crippen LogP contribution in [0.3, 0.4) is 0 Å². The number of Topliss-reactive ketones (excluding diaryl/α,β-unsaturated/α-hetero) is 1. The fourth-order valence-electron chi connectivity index (χ4n) is 4.38. The molecule has 29 heavy (non-hydrogen) atoms. The fraction of sp³-hybridized carbons (Fsp3) is 0.455. The molecule has 1 aromatic carbocycles. The predicted octanol–water partition coefficient (Wildman–Crippen LogP) is 4.24. The number of nitrogens with one attached hydrogen (secondary N) is 1. The van der Waals surface area contributed by atoms with E-state index in [1.807, 2.05) is 6.92 Å². The van der Waals surface area contributed by atoms with E-state index in [-0.39, 0.29) is 24.6 Å². The highest BCUT2D eigenvalue weighted by atomic mass is 35.5. The van der Waals surface area contributed by atoms with Gasteiger partial charge in [0.05, 0.1) is 12.2 Å². The molecule has 1 unspecified atom stereocenters. The van der Waals surface area contributed by atoms with Gasteiger partial charge in [-0.25, -0.2) is 4.79 Å². The topological polar surface area (TPSA) is 73.9 Å². The molecule has 0 aromatic heterocycles. The molecule has 3 aliphatic rings. The second-order valence-corrected chi connectivity index (χ2v) is 8.78. The van der Waals surface area contributed by atoms with Gasteiger partial charge in [0.25, 0.3) is 0 Å². The third-order valence-corrected chi connectivity index (χ3v) is 5.87. The standard InChI is InChI=1S/C22H24ClNO5/c1-5-27-21(26)18-11(2)24-14-8-22(3,4)9-15(25)20(14)19(18)12-6-16-17(7-13(12)23)29-10-28-16/h6-7,19,24H,5,8-10H2,1-4H3. The van der Waals surface area contributed by atoms with Crippen LogP contribution in [0, 0.1) is 5.41 Å². The maximum absolute atomic E-state index is 13.2. The molecule has 0 saturated carbocycles. The summed E-state index contributed by atoms with van der Waals surface area (Å²) < 4.78 is 16.3. The van der Waals surface area contributed by atoms with Crippen LogP contribution in [0.1, 0.15) is 52.0 Å². The number of ketones is 1. The molecule has 0 radical (unpaired) electrons. The Labute approximate surface area is 174 Å². The SMILES string of the molecule is CCOC(=O)C1=C(C)NC2=C(C(=O)CC(C)(C)C2)C1c1cc2c(cc1Cl)OCO2. The lowest BCUT2D eigenvalue weighted by atomic mass is 9.68. The van der Waals surface area contributed by atoms with Crippen LogP contribution in [-0.2, 0) is 14.3 Å². The molecule has 1 aliphatic carbocycles. The molecule has 1 N–H and O–H groups in total. The second kappa shape index (κ2) is 7.10. The first-order valence-corrected chi connectivity index (χ1v) is 10.1. The Kier molecular flexibility index (Phi) is 4.85. The summed E-state index contributed by atoms with van der Waals surface area (Å²) in [6, 6.07) is 3.45. The van der Waals surface area contributed by atoms with Gasteiger partial charge in [-0.2, -0.15) is 0 Å². The van der Waals surface area contributed by atoms with E-state index in [2.05, 4.69) is 19.2 Å². The molecule has 1 aromatic rings. The molecule has 2 heterocycles. The molecule has 7 heteroatoms. The Hall–Kier alpha value is -2.47. The molecule has 6 nitrogen and oxygen atoms in total. The Morgan fingerprint density at radius 2 is 1.97 bits per heavy atom. The number of fused-ring (bicyclic) bond motifs is 1. The third-order valence-electron chi connectivity index (χ3n) is 5.54. The predicted molar refractivity (Wildman–Crippen MR) is 108 cm³/mol. The third kappa shape index (κ3) is 3.39. The number of hydrogen-bond acceptors (Lipinski definition) is 6. The van der Waals surface area contributed by atoms with Crippen molar-refractivity contribution in [2.24, 2.45) is 5.41 Å². The highest BCUT2D eigenvalue weighted by Crippen LogP contribution is 2.50. The summed E-state index contributed by atoms with van der Waals surface area (Å²) >= 11 is 6.61. The first kappa shape index (κ1) is 19.8. The van der Waals surface area contributed by atoms with Crippen molar-refractivity contribution in [3.63, 3.8) is 0 Å². The molecule has 4 rings (SSSR count). The first-order valence-electron chi connectivity index (χ1n) is 9.72. The summed E-state index contributed by atoms with van der Waals surface area (Å²) in [6.07, 6.45) is 1.11. The summed E-state index contributed by atoms with van der Waals surface area (Å²) in [4.78, 5) is 26.1. The van der Waals surface area contributed by atoms with Gasteiger partial charge in [0.2, 0.25) is 6.79 Å². The van der Waals surface area contributed by atoms with E-state index in [4.69, 9.17) is 25.8 Å². The molecule has 1 atom stereocenters. The van der Waals surface area contributed by atoms with Crippen LogP contribution < -0.4 is 14.8 Å². The van der Waals surface area contributed by atoms with Crippen LogP contribution in [0.25, 0.3) is 0 Å². The second-order valence-electron chi connectivity index (χ2n) is 8.38. The maximum atomic E-state index is 13.2. The van der Waals surface area contributed by atoms with Crippen molar-refractivity contribution in [2.45, 2.75) is 46.5 Å². The lowest BCUT2D eigenvalue weighted by molar-refractivity contribution is -0.138. The van der Waals surface area contributed by atoms with Crippen molar-refractivity contribution in [2.75, 3.05) is 13.4 Å². The molecule has 0 spiro atoms. The van der Waals surface area contributed by atoms with E-state index in [0.29, 0.717) is 51.8 Å². The summed E-state index contributed by atoms with van der Waals surface area (Å²) in [5.41, 5.74) is 2.98. The number of ether oxygens (including phenoxy) is 3. The highest BCUT2D eigenvalue weighted by molar-refractivity contribution is 6.32. The zero-order valence-corrected chi connectivity index (χ0v) is 17.7. The van der Waals surface area contributed by atoms with Gasteiger partial charge in [-0.1, -0.05) is 25.4 Å². The summed E-state index contributed by atoms with van der Waals surface area (Å²) in [5, 5.41) is 3.72. The van der Waals surface area contributed by atoms with Crippen molar-refractivity contribution < 1.29 is 23.8 Å². The molecule has 0 amide bonds. The van der Waals surface area contributed by atoms with Crippen molar-refractivity contribution in [1.29, 1.82) is 0 Å². The number of dihydropyridines is 1. The number of carbonyl (C=O) groups is 2.